The number of amides is 1. The highest BCUT2D eigenvalue weighted by atomic mass is 16.5. The van der Waals surface area contributed by atoms with Crippen molar-refractivity contribution in [2.24, 2.45) is 7.05 Å². The molecule has 5 heteroatoms. The third-order valence-corrected chi connectivity index (χ3v) is 4.60. The number of hydrogen-bond acceptors (Lipinski definition) is 3. The van der Waals surface area contributed by atoms with Crippen LogP contribution in [0.4, 0.5) is 0 Å². The Balaban J connectivity index is 1.80. The molecule has 132 valence electrons. The van der Waals surface area contributed by atoms with E-state index in [9.17, 15) is 4.79 Å². The second kappa shape index (κ2) is 6.06. The molecule has 0 radical (unpaired) electrons. The molecule has 0 aliphatic carbocycles. The summed E-state index contributed by atoms with van der Waals surface area (Å²) in [6.07, 6.45) is 0. The SMILES string of the molecule is Cc1onc(C(C)(C)C)c1C(=O)NCc1ccc2c(c1)cc(C)n2C. The van der Waals surface area contributed by atoms with Gasteiger partial charge in [0.2, 0.25) is 0 Å². The molecule has 3 rings (SSSR count). The Hall–Kier alpha value is -2.56. The Morgan fingerprint density at radius 2 is 1.96 bits per heavy atom. The maximum Gasteiger partial charge on any atom is 0.257 e. The first kappa shape index (κ1) is 17.3. The Morgan fingerprint density at radius 3 is 2.64 bits per heavy atom. The minimum absolute atomic E-state index is 0.145. The van der Waals surface area contributed by atoms with Crippen LogP contribution in [0.1, 0.15) is 53.8 Å². The lowest BCUT2D eigenvalue weighted by atomic mass is 9.88. The van der Waals surface area contributed by atoms with E-state index >= 15 is 0 Å². The molecule has 2 aromatic heterocycles. The molecule has 0 saturated heterocycles. The summed E-state index contributed by atoms with van der Waals surface area (Å²) in [5.74, 6) is 0.407. The largest absolute Gasteiger partial charge is 0.361 e. The molecule has 0 bridgehead atoms. The van der Waals surface area contributed by atoms with Gasteiger partial charge in [0.1, 0.15) is 17.0 Å². The highest BCUT2D eigenvalue weighted by molar-refractivity contribution is 5.96. The number of fused-ring (bicyclic) bond motifs is 1. The first-order valence-corrected chi connectivity index (χ1v) is 8.48. The van der Waals surface area contributed by atoms with Crippen LogP contribution in [-0.2, 0) is 19.0 Å². The van der Waals surface area contributed by atoms with Gasteiger partial charge in [-0.1, -0.05) is 32.0 Å². The maximum absolute atomic E-state index is 12.7. The number of nitrogens with zero attached hydrogens (tertiary/aromatic N) is 2. The topological polar surface area (TPSA) is 60.1 Å². The smallest absolute Gasteiger partial charge is 0.257 e. The molecule has 0 atom stereocenters. The van der Waals surface area contributed by atoms with Gasteiger partial charge in [-0.15, -0.1) is 0 Å². The summed E-state index contributed by atoms with van der Waals surface area (Å²) in [7, 11) is 2.06. The molecule has 0 aliphatic rings. The number of nitrogens with one attached hydrogen (secondary N) is 1. The Labute approximate surface area is 148 Å². The first-order valence-electron chi connectivity index (χ1n) is 8.48. The Morgan fingerprint density at radius 1 is 1.24 bits per heavy atom. The lowest BCUT2D eigenvalue weighted by Gasteiger charge is -2.16. The fourth-order valence-corrected chi connectivity index (χ4v) is 3.07. The number of carbonyl (C=O) groups is 1. The number of aryl methyl sites for hydroxylation is 3. The molecule has 3 aromatic rings. The summed E-state index contributed by atoms with van der Waals surface area (Å²) in [5.41, 5.74) is 4.47. The molecule has 0 fully saturated rings. The van der Waals surface area contributed by atoms with E-state index in [1.54, 1.807) is 6.92 Å². The summed E-state index contributed by atoms with van der Waals surface area (Å²) < 4.78 is 7.42. The summed E-state index contributed by atoms with van der Waals surface area (Å²) >= 11 is 0. The van der Waals surface area contributed by atoms with E-state index in [1.165, 1.54) is 16.6 Å². The predicted octanol–water partition coefficient (Wildman–Crippen LogP) is 4.01. The fourth-order valence-electron chi connectivity index (χ4n) is 3.07. The lowest BCUT2D eigenvalue weighted by Crippen LogP contribution is -2.27. The Bertz CT molecular complexity index is 942. The summed E-state index contributed by atoms with van der Waals surface area (Å²) in [4.78, 5) is 12.7. The zero-order valence-corrected chi connectivity index (χ0v) is 15.7. The number of hydrogen-bond donors (Lipinski definition) is 1. The van der Waals surface area contributed by atoms with Crippen molar-refractivity contribution in [3.05, 3.63) is 52.5 Å². The van der Waals surface area contributed by atoms with Crippen LogP contribution in [0.3, 0.4) is 0 Å². The standard InChI is InChI=1S/C20H25N3O2/c1-12-9-15-10-14(7-8-16(15)23(12)6)11-21-19(24)17-13(2)25-22-18(17)20(3,4)5/h7-10H,11H2,1-6H3,(H,21,24). The second-order valence-corrected chi connectivity index (χ2v) is 7.63. The van der Waals surface area contributed by atoms with Crippen LogP contribution in [0.5, 0.6) is 0 Å². The van der Waals surface area contributed by atoms with Crippen molar-refractivity contribution in [1.29, 1.82) is 0 Å². The number of carbonyl (C=O) groups excluding carboxylic acids is 1. The van der Waals surface area contributed by atoms with E-state index in [0.717, 1.165) is 5.56 Å². The zero-order chi connectivity index (χ0) is 18.4. The van der Waals surface area contributed by atoms with Crippen molar-refractivity contribution in [2.45, 2.75) is 46.6 Å². The minimum Gasteiger partial charge on any atom is -0.361 e. The molecule has 0 aliphatic heterocycles. The van der Waals surface area contributed by atoms with Crippen LogP contribution in [0.2, 0.25) is 0 Å². The van der Waals surface area contributed by atoms with E-state index in [2.05, 4.69) is 47.2 Å². The molecule has 5 nitrogen and oxygen atoms in total. The fraction of sp³-hybridized carbons (Fsp3) is 0.400. The van der Waals surface area contributed by atoms with Crippen molar-refractivity contribution >= 4 is 16.8 Å². The van der Waals surface area contributed by atoms with E-state index < -0.39 is 0 Å². The van der Waals surface area contributed by atoms with Crippen LogP contribution in [0.15, 0.2) is 28.8 Å². The van der Waals surface area contributed by atoms with Crippen molar-refractivity contribution in [3.8, 4) is 0 Å². The third-order valence-electron chi connectivity index (χ3n) is 4.60. The molecular formula is C20H25N3O2. The third kappa shape index (κ3) is 3.18. The molecular weight excluding hydrogens is 314 g/mol. The molecule has 0 spiro atoms. The molecule has 2 heterocycles. The molecule has 0 unspecified atom stereocenters. The van der Waals surface area contributed by atoms with Gasteiger partial charge in [0.05, 0.1) is 0 Å². The van der Waals surface area contributed by atoms with E-state index in [4.69, 9.17) is 4.52 Å². The van der Waals surface area contributed by atoms with Gasteiger partial charge in [0.25, 0.3) is 5.91 Å². The van der Waals surface area contributed by atoms with Gasteiger partial charge >= 0.3 is 0 Å². The van der Waals surface area contributed by atoms with E-state index in [0.29, 0.717) is 23.6 Å². The van der Waals surface area contributed by atoms with Gasteiger partial charge in [-0.2, -0.15) is 0 Å². The Kier molecular flexibility index (Phi) is 4.19. The number of aromatic nitrogens is 2. The highest BCUT2D eigenvalue weighted by Crippen LogP contribution is 2.27. The predicted molar refractivity (Wildman–Crippen MR) is 98.8 cm³/mol. The number of benzene rings is 1. The van der Waals surface area contributed by atoms with Crippen LogP contribution < -0.4 is 5.32 Å². The van der Waals surface area contributed by atoms with Crippen molar-refractivity contribution in [3.63, 3.8) is 0 Å². The summed E-state index contributed by atoms with van der Waals surface area (Å²) in [6.45, 7) is 10.4. The van der Waals surface area contributed by atoms with Crippen molar-refractivity contribution in [2.75, 3.05) is 0 Å². The van der Waals surface area contributed by atoms with E-state index in [1.807, 2.05) is 26.8 Å². The zero-order valence-electron chi connectivity index (χ0n) is 15.7. The van der Waals surface area contributed by atoms with Crippen LogP contribution in [0, 0.1) is 13.8 Å². The minimum atomic E-state index is -0.245. The van der Waals surface area contributed by atoms with Crippen LogP contribution in [-0.4, -0.2) is 15.6 Å². The average molecular weight is 339 g/mol. The molecule has 0 saturated carbocycles. The van der Waals surface area contributed by atoms with Crippen LogP contribution >= 0.6 is 0 Å². The molecule has 1 amide bonds. The van der Waals surface area contributed by atoms with Gasteiger partial charge in [-0.3, -0.25) is 4.79 Å². The second-order valence-electron chi connectivity index (χ2n) is 7.63. The van der Waals surface area contributed by atoms with Gasteiger partial charge in [-0.05, 0) is 37.6 Å². The lowest BCUT2D eigenvalue weighted by molar-refractivity contribution is 0.0947. The van der Waals surface area contributed by atoms with E-state index in [-0.39, 0.29) is 11.3 Å². The van der Waals surface area contributed by atoms with Crippen molar-refractivity contribution in [1.82, 2.24) is 15.0 Å². The summed E-state index contributed by atoms with van der Waals surface area (Å²) in [5, 5.41) is 8.26. The van der Waals surface area contributed by atoms with Gasteiger partial charge < -0.3 is 14.4 Å². The molecule has 25 heavy (non-hydrogen) atoms. The maximum atomic E-state index is 12.7. The average Bonchev–Trinajstić information content (AvgIpc) is 3.05. The number of rotatable bonds is 3. The van der Waals surface area contributed by atoms with Crippen molar-refractivity contribution < 1.29 is 9.32 Å². The van der Waals surface area contributed by atoms with Gasteiger partial charge in [0.15, 0.2) is 0 Å². The first-order chi connectivity index (χ1) is 11.7. The normalized spacial score (nSPS) is 11.9. The highest BCUT2D eigenvalue weighted by Gasteiger charge is 2.28. The van der Waals surface area contributed by atoms with Gasteiger partial charge in [0, 0.05) is 35.6 Å². The summed E-state index contributed by atoms with van der Waals surface area (Å²) in [6, 6.07) is 8.42. The van der Waals surface area contributed by atoms with Crippen LogP contribution in [0.25, 0.3) is 10.9 Å². The monoisotopic (exact) mass is 339 g/mol. The quantitative estimate of drug-likeness (QED) is 0.784. The molecule has 1 aromatic carbocycles. The van der Waals surface area contributed by atoms with Gasteiger partial charge in [-0.25, -0.2) is 0 Å². The molecule has 1 N–H and O–H groups in total.